The van der Waals surface area contributed by atoms with Gasteiger partial charge in [0.05, 0.1) is 11.0 Å². The zero-order valence-corrected chi connectivity index (χ0v) is 15.9. The monoisotopic (exact) mass is 414 g/mol. The first-order valence-electron chi connectivity index (χ1n) is 9.47. The topological polar surface area (TPSA) is 91.3 Å². The second-order valence-electron chi connectivity index (χ2n) is 6.73. The van der Waals surface area contributed by atoms with Gasteiger partial charge in [0.25, 0.3) is 0 Å². The molecule has 0 radical (unpaired) electrons. The number of carbonyl (C=O) groups is 2. The molecule has 1 saturated heterocycles. The Bertz CT molecular complexity index is 1080. The first-order valence-corrected chi connectivity index (χ1v) is 9.47. The van der Waals surface area contributed by atoms with Crippen LogP contribution in [-0.4, -0.2) is 41.2 Å². The predicted molar refractivity (Wildman–Crippen MR) is 109 cm³/mol. The minimum atomic E-state index is -2.72. The molecule has 3 aromatic rings. The van der Waals surface area contributed by atoms with Crippen molar-refractivity contribution in [1.82, 2.24) is 20.2 Å². The molecule has 1 aromatic heterocycles. The Morgan fingerprint density at radius 2 is 2.03 bits per heavy atom. The number of benzene rings is 2. The number of hydrogen-bond donors (Lipinski definition) is 3. The molecule has 2 heterocycles. The molecule has 0 aliphatic carbocycles. The van der Waals surface area contributed by atoms with Crippen LogP contribution in [-0.2, 0) is 6.42 Å². The Morgan fingerprint density at radius 1 is 1.20 bits per heavy atom. The Kier molecular flexibility index (Phi) is 5.46. The van der Waals surface area contributed by atoms with Gasteiger partial charge in [-0.3, -0.25) is 9.47 Å². The second-order valence-corrected chi connectivity index (χ2v) is 6.73. The van der Waals surface area contributed by atoms with E-state index in [4.69, 9.17) is 0 Å². The van der Waals surface area contributed by atoms with Crippen molar-refractivity contribution in [2.24, 2.45) is 0 Å². The molecule has 1 aliphatic rings. The van der Waals surface area contributed by atoms with Crippen molar-refractivity contribution >= 4 is 34.5 Å². The fourth-order valence-electron chi connectivity index (χ4n) is 3.42. The van der Waals surface area contributed by atoms with Crippen LogP contribution in [0.2, 0.25) is 0 Å². The fourth-order valence-corrected chi connectivity index (χ4v) is 3.42. The molecule has 156 valence electrons. The molecule has 4 rings (SSSR count). The van der Waals surface area contributed by atoms with Gasteiger partial charge in [0, 0.05) is 37.4 Å². The van der Waals surface area contributed by atoms with E-state index in [-0.39, 0.29) is 24.8 Å². The van der Waals surface area contributed by atoms with Gasteiger partial charge in [0.15, 0.2) is 0 Å². The summed E-state index contributed by atoms with van der Waals surface area (Å²) in [4.78, 5) is 29.8. The maximum absolute atomic E-state index is 13.4. The number of hydrogen-bond acceptors (Lipinski definition) is 3. The van der Waals surface area contributed by atoms with Crippen molar-refractivity contribution in [1.29, 1.82) is 0 Å². The summed E-state index contributed by atoms with van der Waals surface area (Å²) in [5.74, 6) is 0.202. The zero-order chi connectivity index (χ0) is 21.1. The normalized spacial score (nSPS) is 13.7. The quantitative estimate of drug-likeness (QED) is 0.578. The van der Waals surface area contributed by atoms with Crippen LogP contribution in [0.25, 0.3) is 11.0 Å². The van der Waals surface area contributed by atoms with E-state index < -0.39 is 12.6 Å². The van der Waals surface area contributed by atoms with E-state index in [2.05, 4.69) is 20.9 Å². The number of nitrogens with zero attached hydrogens (tertiary/aromatic N) is 3. The largest absolute Gasteiger partial charge is 0.337 e. The van der Waals surface area contributed by atoms with Crippen molar-refractivity contribution < 1.29 is 18.4 Å². The Morgan fingerprint density at radius 3 is 2.80 bits per heavy atom. The number of fused-ring (bicyclic) bond motifs is 1. The minimum absolute atomic E-state index is 0.135. The lowest BCUT2D eigenvalue weighted by Crippen LogP contribution is -2.31. The van der Waals surface area contributed by atoms with Crippen molar-refractivity contribution in [2.75, 3.05) is 29.9 Å². The molecule has 0 bridgehead atoms. The van der Waals surface area contributed by atoms with Crippen LogP contribution in [0.1, 0.15) is 12.4 Å². The molecular weight excluding hydrogens is 394 g/mol. The average Bonchev–Trinajstić information content (AvgIpc) is 3.31. The summed E-state index contributed by atoms with van der Waals surface area (Å²) in [6.45, 7) is -1.46. The highest BCUT2D eigenvalue weighted by Crippen LogP contribution is 2.23. The average molecular weight is 414 g/mol. The lowest BCUT2D eigenvalue weighted by atomic mass is 10.2. The molecule has 1 fully saturated rings. The molecule has 10 heteroatoms. The summed E-state index contributed by atoms with van der Waals surface area (Å²) < 4.78 is 27.8. The molecule has 0 spiro atoms. The number of para-hydroxylation sites is 2. The van der Waals surface area contributed by atoms with Gasteiger partial charge >= 0.3 is 18.6 Å². The Balaban J connectivity index is 1.36. The zero-order valence-electron chi connectivity index (χ0n) is 15.9. The number of imidazole rings is 1. The van der Waals surface area contributed by atoms with Crippen molar-refractivity contribution in [3.05, 3.63) is 54.4 Å². The summed E-state index contributed by atoms with van der Waals surface area (Å²) in [5, 5.41) is 8.05. The van der Waals surface area contributed by atoms with Gasteiger partial charge in [-0.15, -0.1) is 0 Å². The highest BCUT2D eigenvalue weighted by molar-refractivity contribution is 5.95. The van der Waals surface area contributed by atoms with Crippen LogP contribution in [0.3, 0.4) is 0 Å². The summed E-state index contributed by atoms with van der Waals surface area (Å²) in [5.41, 5.74) is 2.03. The van der Waals surface area contributed by atoms with E-state index in [1.165, 1.54) is 0 Å². The van der Waals surface area contributed by atoms with Gasteiger partial charge in [-0.25, -0.2) is 14.6 Å². The van der Waals surface area contributed by atoms with E-state index in [0.717, 1.165) is 4.57 Å². The van der Waals surface area contributed by atoms with E-state index in [0.29, 0.717) is 35.5 Å². The molecule has 1 aliphatic heterocycles. The third-order valence-electron chi connectivity index (χ3n) is 4.77. The molecule has 8 nitrogen and oxygen atoms in total. The van der Waals surface area contributed by atoms with Gasteiger partial charge in [-0.05, 0) is 30.3 Å². The van der Waals surface area contributed by atoms with Crippen LogP contribution in [0.4, 0.5) is 29.7 Å². The summed E-state index contributed by atoms with van der Waals surface area (Å²) in [7, 11) is 0. The summed E-state index contributed by atoms with van der Waals surface area (Å²) >= 11 is 0. The first-order chi connectivity index (χ1) is 14.5. The van der Waals surface area contributed by atoms with E-state index in [9.17, 15) is 18.4 Å². The maximum Gasteiger partial charge on any atom is 0.321 e. The van der Waals surface area contributed by atoms with Gasteiger partial charge in [0.2, 0.25) is 0 Å². The first kappa shape index (κ1) is 19.6. The number of halogens is 2. The summed E-state index contributed by atoms with van der Waals surface area (Å²) in [6, 6.07) is 12.9. The molecule has 0 atom stereocenters. The van der Waals surface area contributed by atoms with Crippen molar-refractivity contribution in [2.45, 2.75) is 13.0 Å². The number of anilines is 2. The smallest absolute Gasteiger partial charge is 0.321 e. The number of aromatic nitrogens is 2. The van der Waals surface area contributed by atoms with Gasteiger partial charge in [-0.2, -0.15) is 8.78 Å². The number of urea groups is 2. The van der Waals surface area contributed by atoms with Crippen LogP contribution in [0.5, 0.6) is 0 Å². The number of alkyl halides is 2. The predicted octanol–water partition coefficient (Wildman–Crippen LogP) is 3.33. The minimum Gasteiger partial charge on any atom is -0.337 e. The van der Waals surface area contributed by atoms with E-state index in [1.807, 2.05) is 0 Å². The van der Waals surface area contributed by atoms with E-state index in [1.54, 1.807) is 53.4 Å². The SMILES string of the molecule is O=C(NCCc1nc2ccccc2n1C(F)F)Nc1cccc(N2CCNC2=O)c1. The maximum atomic E-state index is 13.4. The molecule has 2 aromatic carbocycles. The van der Waals surface area contributed by atoms with Crippen LogP contribution < -0.4 is 20.9 Å². The van der Waals surface area contributed by atoms with Crippen molar-refractivity contribution in [3.8, 4) is 0 Å². The third kappa shape index (κ3) is 4.02. The number of amides is 4. The van der Waals surface area contributed by atoms with Crippen LogP contribution in [0.15, 0.2) is 48.5 Å². The molecule has 30 heavy (non-hydrogen) atoms. The van der Waals surface area contributed by atoms with Gasteiger partial charge in [0.1, 0.15) is 5.82 Å². The molecule has 0 saturated carbocycles. The van der Waals surface area contributed by atoms with E-state index >= 15 is 0 Å². The fraction of sp³-hybridized carbons (Fsp3) is 0.250. The highest BCUT2D eigenvalue weighted by atomic mass is 19.3. The molecule has 0 unspecified atom stereocenters. The summed E-state index contributed by atoms with van der Waals surface area (Å²) in [6.07, 6.45) is 0.153. The standard InChI is InChI=1S/C20H20F2N6O2/c21-18(22)28-16-7-2-1-6-15(16)26-17(28)8-9-23-19(29)25-13-4-3-5-14(12-13)27-11-10-24-20(27)30/h1-7,12,18H,8-11H2,(H,24,30)(H2,23,25,29). The Hall–Kier alpha value is -3.69. The van der Waals surface area contributed by atoms with Gasteiger partial charge < -0.3 is 16.0 Å². The second kappa shape index (κ2) is 8.36. The highest BCUT2D eigenvalue weighted by Gasteiger charge is 2.21. The molecule has 4 amide bonds. The molecule has 3 N–H and O–H groups in total. The number of nitrogens with one attached hydrogen (secondary N) is 3. The van der Waals surface area contributed by atoms with Crippen molar-refractivity contribution in [3.63, 3.8) is 0 Å². The Labute approximate surface area is 170 Å². The third-order valence-corrected chi connectivity index (χ3v) is 4.77. The van der Waals surface area contributed by atoms with Crippen LogP contribution >= 0.6 is 0 Å². The number of carbonyl (C=O) groups excluding carboxylic acids is 2. The lowest BCUT2D eigenvalue weighted by Gasteiger charge is -2.15. The molecular formula is C20H20F2N6O2. The van der Waals surface area contributed by atoms with Gasteiger partial charge in [-0.1, -0.05) is 18.2 Å². The number of rotatable bonds is 6. The lowest BCUT2D eigenvalue weighted by molar-refractivity contribution is 0.0715. The van der Waals surface area contributed by atoms with Crippen LogP contribution in [0, 0.1) is 0 Å².